The van der Waals surface area contributed by atoms with Crippen LogP contribution in [0.5, 0.6) is 0 Å². The highest BCUT2D eigenvalue weighted by Gasteiger charge is 2.45. The molecule has 1 saturated heterocycles. The molecule has 1 N–H and O–H groups in total. The van der Waals surface area contributed by atoms with Gasteiger partial charge in [-0.1, -0.05) is 43.6 Å². The van der Waals surface area contributed by atoms with Crippen molar-refractivity contribution in [3.63, 3.8) is 0 Å². The van der Waals surface area contributed by atoms with Crippen LogP contribution in [0.25, 0.3) is 0 Å². The second kappa shape index (κ2) is 5.38. The molecule has 3 atom stereocenters. The first-order chi connectivity index (χ1) is 8.00. The van der Waals surface area contributed by atoms with Gasteiger partial charge in [0.05, 0.1) is 16.2 Å². The van der Waals surface area contributed by atoms with Gasteiger partial charge >= 0.3 is 0 Å². The smallest absolute Gasteiger partial charge is 0.217 e. The molecule has 1 fully saturated rings. The van der Waals surface area contributed by atoms with E-state index in [9.17, 15) is 13.5 Å². The molecule has 108 valence electrons. The number of aliphatic hydroxyl groups excluding tert-OH is 1. The molecule has 0 radical (unpaired) electrons. The van der Waals surface area contributed by atoms with Crippen LogP contribution < -0.4 is 0 Å². The van der Waals surface area contributed by atoms with E-state index in [0.717, 1.165) is 0 Å². The van der Waals surface area contributed by atoms with Gasteiger partial charge in [-0.25, -0.2) is 8.42 Å². The van der Waals surface area contributed by atoms with Crippen LogP contribution in [0.2, 0.25) is 0 Å². The molecule has 1 heterocycles. The number of piperidine rings is 1. The van der Waals surface area contributed by atoms with Crippen LogP contribution in [-0.4, -0.2) is 47.1 Å². The molecule has 0 aromatic heterocycles. The zero-order valence-corrected chi connectivity index (χ0v) is 14.1. The third-order valence-electron chi connectivity index (χ3n) is 3.87. The van der Waals surface area contributed by atoms with Crippen LogP contribution in [0.3, 0.4) is 0 Å². The predicted octanol–water partition coefficient (Wildman–Crippen LogP) is 1.83. The van der Waals surface area contributed by atoms with Crippen LogP contribution in [0.1, 0.15) is 34.6 Å². The van der Waals surface area contributed by atoms with Crippen molar-refractivity contribution in [1.29, 1.82) is 0 Å². The maximum atomic E-state index is 12.5. The molecule has 6 heteroatoms. The lowest BCUT2D eigenvalue weighted by atomic mass is 9.82. The molecular weight excluding hydrogens is 318 g/mol. The average Bonchev–Trinajstić information content (AvgIpc) is 2.23. The van der Waals surface area contributed by atoms with Gasteiger partial charge in [-0.15, -0.1) is 0 Å². The summed E-state index contributed by atoms with van der Waals surface area (Å²) < 4.78 is 26.5. The number of nitrogens with zero attached hydrogens (tertiary/aromatic N) is 1. The van der Waals surface area contributed by atoms with Crippen molar-refractivity contribution in [1.82, 2.24) is 4.31 Å². The van der Waals surface area contributed by atoms with Crippen molar-refractivity contribution >= 4 is 26.0 Å². The fraction of sp³-hybridized carbons (Fsp3) is 1.00. The number of aliphatic hydroxyl groups is 1. The molecule has 0 amide bonds. The largest absolute Gasteiger partial charge is 0.391 e. The molecule has 1 aliphatic heterocycles. The van der Waals surface area contributed by atoms with Gasteiger partial charge < -0.3 is 5.11 Å². The maximum absolute atomic E-state index is 12.5. The summed E-state index contributed by atoms with van der Waals surface area (Å²) in [6, 6.07) is 0. The van der Waals surface area contributed by atoms with Gasteiger partial charge in [0.25, 0.3) is 0 Å². The Hall–Kier alpha value is 0.350. The Balaban J connectivity index is 2.98. The molecule has 1 aliphatic rings. The Kier molecular flexibility index (Phi) is 4.91. The SMILES string of the molecule is CC(C)C(C)S(=O)(=O)N1CC(Br)C(O)C(C)(C)C1. The molecule has 3 unspecified atom stereocenters. The number of halogens is 1. The third kappa shape index (κ3) is 3.08. The molecule has 0 aliphatic carbocycles. The van der Waals surface area contributed by atoms with Crippen molar-refractivity contribution in [3.8, 4) is 0 Å². The average molecular weight is 342 g/mol. The quantitative estimate of drug-likeness (QED) is 0.796. The van der Waals surface area contributed by atoms with Crippen LogP contribution in [-0.2, 0) is 10.0 Å². The molecule has 0 bridgehead atoms. The fourth-order valence-electron chi connectivity index (χ4n) is 2.17. The van der Waals surface area contributed by atoms with E-state index in [0.29, 0.717) is 13.1 Å². The summed E-state index contributed by atoms with van der Waals surface area (Å²) in [5, 5.41) is 9.67. The number of rotatable bonds is 3. The zero-order chi connectivity index (χ0) is 14.3. The second-order valence-electron chi connectivity index (χ2n) is 6.24. The lowest BCUT2D eigenvalue weighted by Crippen LogP contribution is -2.57. The van der Waals surface area contributed by atoms with Gasteiger partial charge in [-0.05, 0) is 12.8 Å². The first-order valence-corrected chi connectivity index (χ1v) is 8.73. The van der Waals surface area contributed by atoms with Crippen molar-refractivity contribution in [2.24, 2.45) is 11.3 Å². The maximum Gasteiger partial charge on any atom is 0.217 e. The van der Waals surface area contributed by atoms with Crippen molar-refractivity contribution in [2.75, 3.05) is 13.1 Å². The molecule has 0 aromatic rings. The lowest BCUT2D eigenvalue weighted by Gasteiger charge is -2.44. The summed E-state index contributed by atoms with van der Waals surface area (Å²) in [6.07, 6.45) is -0.529. The summed E-state index contributed by atoms with van der Waals surface area (Å²) >= 11 is 3.39. The van der Waals surface area contributed by atoms with Gasteiger partial charge in [-0.3, -0.25) is 0 Å². The standard InChI is InChI=1S/C12H24BrNO3S/c1-8(2)9(3)18(16,17)14-6-10(13)11(15)12(4,5)7-14/h8-11,15H,6-7H2,1-5H3. The Labute approximate surface area is 119 Å². The van der Waals surface area contributed by atoms with E-state index in [1.807, 2.05) is 27.7 Å². The summed E-state index contributed by atoms with van der Waals surface area (Å²) in [5.74, 6) is 0.0822. The number of hydrogen-bond donors (Lipinski definition) is 1. The predicted molar refractivity (Wildman–Crippen MR) is 77.3 cm³/mol. The normalized spacial score (nSPS) is 31.6. The van der Waals surface area contributed by atoms with Gasteiger partial charge in [0.2, 0.25) is 10.0 Å². The van der Waals surface area contributed by atoms with Gasteiger partial charge in [0, 0.05) is 18.5 Å². The number of hydrogen-bond acceptors (Lipinski definition) is 3. The summed E-state index contributed by atoms with van der Waals surface area (Å²) in [6.45, 7) is 10.1. The highest BCUT2D eigenvalue weighted by molar-refractivity contribution is 9.09. The van der Waals surface area contributed by atoms with Crippen LogP contribution in [0.4, 0.5) is 0 Å². The van der Waals surface area contributed by atoms with E-state index < -0.39 is 26.8 Å². The highest BCUT2D eigenvalue weighted by atomic mass is 79.9. The summed E-state index contributed by atoms with van der Waals surface area (Å²) in [4.78, 5) is -0.213. The van der Waals surface area contributed by atoms with Crippen molar-refractivity contribution in [3.05, 3.63) is 0 Å². The van der Waals surface area contributed by atoms with E-state index in [2.05, 4.69) is 15.9 Å². The first-order valence-electron chi connectivity index (χ1n) is 6.31. The van der Waals surface area contributed by atoms with Crippen LogP contribution in [0.15, 0.2) is 0 Å². The van der Waals surface area contributed by atoms with E-state index in [1.54, 1.807) is 6.92 Å². The minimum atomic E-state index is -3.30. The van der Waals surface area contributed by atoms with Gasteiger partial charge in [0.15, 0.2) is 0 Å². The topological polar surface area (TPSA) is 57.6 Å². The first kappa shape index (κ1) is 16.4. The molecule has 0 aromatic carbocycles. The number of alkyl halides is 1. The van der Waals surface area contributed by atoms with E-state index in [4.69, 9.17) is 0 Å². The van der Waals surface area contributed by atoms with E-state index in [-0.39, 0.29) is 10.7 Å². The van der Waals surface area contributed by atoms with Gasteiger partial charge in [0.1, 0.15) is 0 Å². The van der Waals surface area contributed by atoms with Crippen molar-refractivity contribution < 1.29 is 13.5 Å². The lowest BCUT2D eigenvalue weighted by molar-refractivity contribution is 0.00664. The minimum absolute atomic E-state index is 0.0822. The van der Waals surface area contributed by atoms with Crippen molar-refractivity contribution in [2.45, 2.75) is 50.8 Å². The molecular formula is C12H24BrNO3S. The van der Waals surface area contributed by atoms with E-state index in [1.165, 1.54) is 4.31 Å². The van der Waals surface area contributed by atoms with Crippen LogP contribution >= 0.6 is 15.9 Å². The second-order valence-corrected chi connectivity index (χ2v) is 9.70. The Morgan fingerprint density at radius 2 is 1.83 bits per heavy atom. The Morgan fingerprint density at radius 1 is 1.33 bits per heavy atom. The van der Waals surface area contributed by atoms with E-state index >= 15 is 0 Å². The molecule has 18 heavy (non-hydrogen) atoms. The van der Waals surface area contributed by atoms with Gasteiger partial charge in [-0.2, -0.15) is 4.31 Å². The zero-order valence-electron chi connectivity index (χ0n) is 11.7. The highest BCUT2D eigenvalue weighted by Crippen LogP contribution is 2.35. The molecule has 0 spiro atoms. The fourth-order valence-corrected chi connectivity index (χ4v) is 5.47. The molecule has 0 saturated carbocycles. The molecule has 4 nitrogen and oxygen atoms in total. The summed E-state index contributed by atoms with van der Waals surface area (Å²) in [7, 11) is -3.30. The van der Waals surface area contributed by atoms with Crippen LogP contribution in [0, 0.1) is 11.3 Å². The third-order valence-corrected chi connectivity index (χ3v) is 7.15. The molecule has 1 rings (SSSR count). The number of sulfonamides is 1. The Bertz CT molecular complexity index is 394. The summed E-state index contributed by atoms with van der Waals surface area (Å²) in [5.41, 5.74) is -0.434. The Morgan fingerprint density at radius 3 is 2.22 bits per heavy atom. The minimum Gasteiger partial charge on any atom is -0.391 e. The monoisotopic (exact) mass is 341 g/mol.